The summed E-state index contributed by atoms with van der Waals surface area (Å²) in [6.45, 7) is 9.89. The van der Waals surface area contributed by atoms with Crippen molar-refractivity contribution < 1.29 is 4.74 Å². The molecule has 0 unspecified atom stereocenters. The van der Waals surface area contributed by atoms with Crippen molar-refractivity contribution in [1.29, 1.82) is 0 Å². The highest BCUT2D eigenvalue weighted by molar-refractivity contribution is 5.46. The molecule has 3 heteroatoms. The van der Waals surface area contributed by atoms with Gasteiger partial charge in [0, 0.05) is 12.6 Å². The van der Waals surface area contributed by atoms with Crippen molar-refractivity contribution in [2.45, 2.75) is 46.6 Å². The molecule has 0 saturated heterocycles. The first kappa shape index (κ1) is 13.1. The van der Waals surface area contributed by atoms with E-state index in [9.17, 15) is 0 Å². The number of hydrogen-bond acceptors (Lipinski definition) is 2. The Balaban J connectivity index is 0.000000574. The summed E-state index contributed by atoms with van der Waals surface area (Å²) >= 11 is 0. The molecule has 0 aliphatic carbocycles. The summed E-state index contributed by atoms with van der Waals surface area (Å²) in [5.74, 6) is 0.551. The fourth-order valence-corrected chi connectivity index (χ4v) is 2.24. The minimum absolute atomic E-state index is 0.551. The van der Waals surface area contributed by atoms with Crippen molar-refractivity contribution >= 4 is 5.65 Å². The van der Waals surface area contributed by atoms with E-state index in [-0.39, 0.29) is 0 Å². The molecule has 1 aliphatic heterocycles. The zero-order valence-corrected chi connectivity index (χ0v) is 11.7. The summed E-state index contributed by atoms with van der Waals surface area (Å²) < 4.78 is 7.63. The summed E-state index contributed by atoms with van der Waals surface area (Å²) in [5, 5.41) is 0. The van der Waals surface area contributed by atoms with Crippen molar-refractivity contribution in [2.75, 3.05) is 6.61 Å². The van der Waals surface area contributed by atoms with E-state index in [0.717, 1.165) is 24.4 Å². The highest BCUT2D eigenvalue weighted by atomic mass is 16.5. The molecular formula is C15H22N2O. The maximum Gasteiger partial charge on any atom is 0.137 e. The average molecular weight is 246 g/mol. The predicted molar refractivity (Wildman–Crippen MR) is 74.0 cm³/mol. The van der Waals surface area contributed by atoms with Gasteiger partial charge in [0.15, 0.2) is 0 Å². The Bertz CT molecular complexity index is 529. The lowest BCUT2D eigenvalue weighted by atomic mass is 10.1. The summed E-state index contributed by atoms with van der Waals surface area (Å²) in [6.07, 6.45) is 3.11. The van der Waals surface area contributed by atoms with Crippen molar-refractivity contribution in [1.82, 2.24) is 9.38 Å². The molecule has 3 rings (SSSR count). The van der Waals surface area contributed by atoms with Gasteiger partial charge in [-0.25, -0.2) is 4.98 Å². The van der Waals surface area contributed by atoms with Gasteiger partial charge in [-0.3, -0.25) is 0 Å². The van der Waals surface area contributed by atoms with E-state index in [1.165, 1.54) is 11.3 Å². The van der Waals surface area contributed by atoms with E-state index in [2.05, 4.69) is 41.6 Å². The molecule has 3 heterocycles. The Hall–Kier alpha value is -1.35. The first-order valence-corrected chi connectivity index (χ1v) is 6.83. The molecule has 0 amide bonds. The molecule has 2 aromatic rings. The van der Waals surface area contributed by atoms with Gasteiger partial charge in [0.25, 0.3) is 0 Å². The van der Waals surface area contributed by atoms with E-state index in [1.807, 2.05) is 13.8 Å². The molecule has 3 nitrogen and oxygen atoms in total. The Morgan fingerprint density at radius 1 is 1.33 bits per heavy atom. The number of hydrogen-bond donors (Lipinski definition) is 0. The third kappa shape index (κ3) is 2.27. The van der Waals surface area contributed by atoms with Gasteiger partial charge in [-0.2, -0.15) is 0 Å². The number of imidazole rings is 1. The van der Waals surface area contributed by atoms with Crippen LogP contribution in [0.1, 0.15) is 50.6 Å². The fraction of sp³-hybridized carbons (Fsp3) is 0.533. The van der Waals surface area contributed by atoms with Gasteiger partial charge >= 0.3 is 0 Å². The van der Waals surface area contributed by atoms with Gasteiger partial charge in [-0.1, -0.05) is 27.7 Å². The normalized spacial score (nSPS) is 14.3. The van der Waals surface area contributed by atoms with Crippen LogP contribution in [0.5, 0.6) is 0 Å². The Kier molecular flexibility index (Phi) is 4.02. The third-order valence-corrected chi connectivity index (χ3v) is 3.22. The lowest BCUT2D eigenvalue weighted by Gasteiger charge is -2.11. The van der Waals surface area contributed by atoms with Crippen LogP contribution in [0.2, 0.25) is 0 Å². The maximum atomic E-state index is 5.43. The highest BCUT2D eigenvalue weighted by Crippen LogP contribution is 2.21. The van der Waals surface area contributed by atoms with Gasteiger partial charge in [0.1, 0.15) is 5.65 Å². The molecule has 1 aliphatic rings. The molecule has 0 spiro atoms. The fourth-order valence-electron chi connectivity index (χ4n) is 2.24. The third-order valence-electron chi connectivity index (χ3n) is 3.22. The molecule has 0 bridgehead atoms. The summed E-state index contributed by atoms with van der Waals surface area (Å²) in [4.78, 5) is 4.63. The van der Waals surface area contributed by atoms with E-state index in [1.54, 1.807) is 0 Å². The average Bonchev–Trinajstić information content (AvgIpc) is 2.78. The van der Waals surface area contributed by atoms with E-state index in [0.29, 0.717) is 12.5 Å². The van der Waals surface area contributed by atoms with Gasteiger partial charge in [0.2, 0.25) is 0 Å². The quantitative estimate of drug-likeness (QED) is 0.769. The van der Waals surface area contributed by atoms with Crippen molar-refractivity contribution in [3.05, 3.63) is 35.3 Å². The molecule has 0 fully saturated rings. The topological polar surface area (TPSA) is 26.5 Å². The SMILES string of the molecule is CC.CC(C)c1ccn2c3c(nc2c1)COCC3. The van der Waals surface area contributed by atoms with Crippen LogP contribution in [0, 0.1) is 0 Å². The zero-order valence-electron chi connectivity index (χ0n) is 11.7. The van der Waals surface area contributed by atoms with Crippen LogP contribution in [-0.2, 0) is 17.8 Å². The van der Waals surface area contributed by atoms with Gasteiger partial charge in [-0.05, 0) is 23.6 Å². The van der Waals surface area contributed by atoms with E-state index >= 15 is 0 Å². The van der Waals surface area contributed by atoms with Gasteiger partial charge in [-0.15, -0.1) is 0 Å². The second kappa shape index (κ2) is 5.53. The first-order valence-electron chi connectivity index (χ1n) is 6.83. The lowest BCUT2D eigenvalue weighted by Crippen LogP contribution is -2.10. The molecular weight excluding hydrogens is 224 g/mol. The second-order valence-electron chi connectivity index (χ2n) is 4.65. The molecule has 0 radical (unpaired) electrons. The van der Waals surface area contributed by atoms with Crippen molar-refractivity contribution in [3.8, 4) is 0 Å². The standard InChI is InChI=1S/C13H16N2O.C2H6/c1-9(2)10-3-5-15-12-4-6-16-8-11(12)14-13(15)7-10;1-2/h3,5,7,9H,4,6,8H2,1-2H3;1-2H3. The molecule has 0 saturated carbocycles. The number of aromatic nitrogens is 2. The van der Waals surface area contributed by atoms with Crippen molar-refractivity contribution in [3.63, 3.8) is 0 Å². The molecule has 0 aromatic carbocycles. The van der Waals surface area contributed by atoms with E-state index < -0.39 is 0 Å². The molecule has 98 valence electrons. The van der Waals surface area contributed by atoms with Crippen LogP contribution in [0.15, 0.2) is 18.3 Å². The van der Waals surface area contributed by atoms with E-state index in [4.69, 9.17) is 4.74 Å². The first-order chi connectivity index (χ1) is 8.75. The van der Waals surface area contributed by atoms with Crippen LogP contribution in [-0.4, -0.2) is 16.0 Å². The lowest BCUT2D eigenvalue weighted by molar-refractivity contribution is 0.107. The monoisotopic (exact) mass is 246 g/mol. The summed E-state index contributed by atoms with van der Waals surface area (Å²) in [6, 6.07) is 4.37. The predicted octanol–water partition coefficient (Wildman–Crippen LogP) is 3.56. The maximum absolute atomic E-state index is 5.43. The zero-order chi connectivity index (χ0) is 13.1. The summed E-state index contributed by atoms with van der Waals surface area (Å²) in [7, 11) is 0. The number of pyridine rings is 1. The van der Waals surface area contributed by atoms with Crippen LogP contribution in [0.4, 0.5) is 0 Å². The van der Waals surface area contributed by atoms with Crippen LogP contribution >= 0.6 is 0 Å². The smallest absolute Gasteiger partial charge is 0.137 e. The minimum atomic E-state index is 0.551. The molecule has 0 N–H and O–H groups in total. The van der Waals surface area contributed by atoms with Gasteiger partial charge in [0.05, 0.1) is 24.6 Å². The van der Waals surface area contributed by atoms with Crippen LogP contribution in [0.25, 0.3) is 5.65 Å². The number of ether oxygens (including phenoxy) is 1. The molecule has 2 aromatic heterocycles. The number of nitrogens with zero attached hydrogens (tertiary/aromatic N) is 2. The summed E-state index contributed by atoms with van der Waals surface area (Å²) in [5.41, 5.74) is 4.82. The number of rotatable bonds is 1. The largest absolute Gasteiger partial charge is 0.375 e. The second-order valence-corrected chi connectivity index (χ2v) is 4.65. The Morgan fingerprint density at radius 3 is 2.83 bits per heavy atom. The minimum Gasteiger partial charge on any atom is -0.375 e. The Morgan fingerprint density at radius 2 is 2.11 bits per heavy atom. The van der Waals surface area contributed by atoms with Crippen LogP contribution in [0.3, 0.4) is 0 Å². The highest BCUT2D eigenvalue weighted by Gasteiger charge is 2.16. The van der Waals surface area contributed by atoms with Crippen LogP contribution < -0.4 is 0 Å². The van der Waals surface area contributed by atoms with Crippen molar-refractivity contribution in [2.24, 2.45) is 0 Å². The Labute approximate surface area is 109 Å². The molecule has 18 heavy (non-hydrogen) atoms. The van der Waals surface area contributed by atoms with Gasteiger partial charge < -0.3 is 9.14 Å². The number of fused-ring (bicyclic) bond motifs is 3. The molecule has 0 atom stereocenters.